The fourth-order valence-corrected chi connectivity index (χ4v) is 4.93. The first-order valence-corrected chi connectivity index (χ1v) is 11.8. The second-order valence-corrected chi connectivity index (χ2v) is 9.23. The maximum absolute atomic E-state index is 14.0. The van der Waals surface area contributed by atoms with Gasteiger partial charge in [-0.3, -0.25) is 4.79 Å². The van der Waals surface area contributed by atoms with E-state index in [1.165, 1.54) is 13.0 Å². The van der Waals surface area contributed by atoms with Crippen molar-refractivity contribution < 1.29 is 37.3 Å². The van der Waals surface area contributed by atoms with Crippen molar-refractivity contribution in [2.24, 2.45) is 0 Å². The number of ether oxygens (including phenoxy) is 2. The Bertz CT molecular complexity index is 1400. The highest BCUT2D eigenvalue weighted by Crippen LogP contribution is 2.46. The summed E-state index contributed by atoms with van der Waals surface area (Å²) in [5, 5.41) is 10.6. The second kappa shape index (κ2) is 8.92. The number of anilines is 1. The summed E-state index contributed by atoms with van der Waals surface area (Å²) in [6, 6.07) is 15.9. The number of rotatable bonds is 5. The standard InChI is InChI=1S/C28H24F3NO5/c1-3-36-26(34)27(35,28(29,30)31)13-17-9-16(2)10-23-24(17)21-11-18-14-32(20-7-5-4-6-8-20)25(33)22(18)12-19(21)15-37-23/h4-12,35H,3,13-15H2,1-2H3. The number of carbonyl (C=O) groups is 2. The summed E-state index contributed by atoms with van der Waals surface area (Å²) in [5.74, 6) is -1.58. The summed E-state index contributed by atoms with van der Waals surface area (Å²) in [7, 11) is 0. The van der Waals surface area contributed by atoms with Gasteiger partial charge in [0, 0.05) is 23.2 Å². The van der Waals surface area contributed by atoms with Crippen molar-refractivity contribution in [1.29, 1.82) is 0 Å². The molecule has 1 N–H and O–H groups in total. The lowest BCUT2D eigenvalue weighted by Crippen LogP contribution is -2.54. The molecule has 6 nitrogen and oxygen atoms in total. The van der Waals surface area contributed by atoms with Crippen LogP contribution < -0.4 is 9.64 Å². The van der Waals surface area contributed by atoms with Crippen molar-refractivity contribution in [2.45, 2.75) is 45.2 Å². The monoisotopic (exact) mass is 511 g/mol. The quantitative estimate of drug-likeness (QED) is 0.482. The van der Waals surface area contributed by atoms with Crippen molar-refractivity contribution >= 4 is 17.6 Å². The fourth-order valence-electron chi connectivity index (χ4n) is 4.93. The lowest BCUT2D eigenvalue weighted by molar-refractivity contribution is -0.262. The Hall–Kier alpha value is -3.85. The number of fused-ring (bicyclic) bond motifs is 4. The lowest BCUT2D eigenvalue weighted by Gasteiger charge is -2.31. The Balaban J connectivity index is 1.61. The molecule has 37 heavy (non-hydrogen) atoms. The average molecular weight is 511 g/mol. The smallest absolute Gasteiger partial charge is 0.428 e. The molecular weight excluding hydrogens is 487 g/mol. The van der Waals surface area contributed by atoms with Crippen LogP contribution >= 0.6 is 0 Å². The normalized spacial score (nSPS) is 15.8. The van der Waals surface area contributed by atoms with Crippen LogP contribution in [0.5, 0.6) is 5.75 Å². The molecule has 2 aliphatic heterocycles. The van der Waals surface area contributed by atoms with Crippen LogP contribution in [0, 0.1) is 6.92 Å². The van der Waals surface area contributed by atoms with Gasteiger partial charge in [-0.25, -0.2) is 4.79 Å². The zero-order chi connectivity index (χ0) is 26.5. The summed E-state index contributed by atoms with van der Waals surface area (Å²) in [5.41, 5.74) is 0.512. The molecule has 0 aliphatic carbocycles. The molecule has 1 amide bonds. The third-order valence-corrected chi connectivity index (χ3v) is 6.71. The van der Waals surface area contributed by atoms with Crippen molar-refractivity contribution in [2.75, 3.05) is 11.5 Å². The van der Waals surface area contributed by atoms with Crippen LogP contribution in [0.1, 0.15) is 39.5 Å². The molecule has 2 heterocycles. The van der Waals surface area contributed by atoms with E-state index in [1.54, 1.807) is 30.0 Å². The van der Waals surface area contributed by atoms with E-state index >= 15 is 0 Å². The first kappa shape index (κ1) is 24.8. The van der Waals surface area contributed by atoms with Gasteiger partial charge in [-0.05, 0) is 72.0 Å². The summed E-state index contributed by atoms with van der Waals surface area (Å²) >= 11 is 0. The molecule has 1 atom stereocenters. The number of carbonyl (C=O) groups excluding carboxylic acids is 2. The van der Waals surface area contributed by atoms with Crippen LogP contribution in [-0.4, -0.2) is 35.4 Å². The van der Waals surface area contributed by atoms with Crippen molar-refractivity contribution in [3.63, 3.8) is 0 Å². The average Bonchev–Trinajstić information content (AvgIpc) is 3.17. The number of amides is 1. The van der Waals surface area contributed by atoms with Crippen molar-refractivity contribution in [3.8, 4) is 16.9 Å². The molecule has 2 aliphatic rings. The molecule has 0 radical (unpaired) electrons. The first-order valence-electron chi connectivity index (χ1n) is 11.8. The molecule has 0 saturated carbocycles. The molecule has 5 rings (SSSR count). The number of aryl methyl sites for hydroxylation is 1. The van der Waals surface area contributed by atoms with Gasteiger partial charge in [0.15, 0.2) is 0 Å². The van der Waals surface area contributed by atoms with E-state index < -0.39 is 24.2 Å². The van der Waals surface area contributed by atoms with E-state index in [4.69, 9.17) is 4.74 Å². The third kappa shape index (κ3) is 4.13. The molecule has 0 spiro atoms. The van der Waals surface area contributed by atoms with E-state index in [0.717, 1.165) is 11.3 Å². The summed E-state index contributed by atoms with van der Waals surface area (Å²) in [6.07, 6.45) is -6.32. The number of hydrogen-bond donors (Lipinski definition) is 1. The summed E-state index contributed by atoms with van der Waals surface area (Å²) in [6.45, 7) is 3.18. The van der Waals surface area contributed by atoms with Crippen LogP contribution in [0.4, 0.5) is 18.9 Å². The Morgan fingerprint density at radius 2 is 1.78 bits per heavy atom. The second-order valence-electron chi connectivity index (χ2n) is 9.23. The van der Waals surface area contributed by atoms with Gasteiger partial charge in [0.2, 0.25) is 0 Å². The SMILES string of the molecule is CCOC(=O)C(O)(Cc1cc(C)cc2c1-c1cc3c(cc1CO2)C(=O)N(c1ccccc1)C3)C(F)(F)F. The van der Waals surface area contributed by atoms with E-state index in [0.29, 0.717) is 40.1 Å². The number of benzene rings is 3. The summed E-state index contributed by atoms with van der Waals surface area (Å²) in [4.78, 5) is 27.1. The van der Waals surface area contributed by atoms with Gasteiger partial charge in [-0.2, -0.15) is 13.2 Å². The maximum atomic E-state index is 14.0. The Labute approximate surface area is 211 Å². The topological polar surface area (TPSA) is 76.1 Å². The van der Waals surface area contributed by atoms with Gasteiger partial charge in [0.25, 0.3) is 11.5 Å². The number of aliphatic hydroxyl groups is 1. The van der Waals surface area contributed by atoms with Crippen molar-refractivity contribution in [3.05, 3.63) is 82.4 Å². The van der Waals surface area contributed by atoms with Gasteiger partial charge in [0.1, 0.15) is 12.4 Å². The van der Waals surface area contributed by atoms with E-state index in [1.807, 2.05) is 30.3 Å². The maximum Gasteiger partial charge on any atom is 0.428 e. The minimum atomic E-state index is -5.27. The molecule has 0 fully saturated rings. The highest BCUT2D eigenvalue weighted by atomic mass is 19.4. The van der Waals surface area contributed by atoms with Crippen LogP contribution in [0.3, 0.4) is 0 Å². The molecule has 0 aromatic heterocycles. The molecule has 1 unspecified atom stereocenters. The van der Waals surface area contributed by atoms with E-state index in [9.17, 15) is 27.9 Å². The largest absolute Gasteiger partial charge is 0.488 e. The van der Waals surface area contributed by atoms with Crippen LogP contribution in [0.25, 0.3) is 11.1 Å². The molecule has 192 valence electrons. The molecule has 0 saturated heterocycles. The molecular formula is C28H24F3NO5. The minimum Gasteiger partial charge on any atom is -0.488 e. The van der Waals surface area contributed by atoms with Gasteiger partial charge in [0.05, 0.1) is 13.2 Å². The molecule has 3 aromatic rings. The van der Waals surface area contributed by atoms with Crippen LogP contribution in [-0.2, 0) is 29.1 Å². The Morgan fingerprint density at radius 1 is 1.08 bits per heavy atom. The lowest BCUT2D eigenvalue weighted by atomic mass is 9.84. The van der Waals surface area contributed by atoms with E-state index in [2.05, 4.69) is 4.74 Å². The number of esters is 1. The first-order chi connectivity index (χ1) is 17.5. The van der Waals surface area contributed by atoms with Crippen molar-refractivity contribution in [1.82, 2.24) is 0 Å². The van der Waals surface area contributed by atoms with Gasteiger partial charge in [-0.15, -0.1) is 0 Å². The Morgan fingerprint density at radius 3 is 2.46 bits per heavy atom. The fraction of sp³-hybridized carbons (Fsp3) is 0.286. The molecule has 3 aromatic carbocycles. The van der Waals surface area contributed by atoms with Gasteiger partial charge < -0.3 is 19.5 Å². The summed E-state index contributed by atoms with van der Waals surface area (Å²) < 4.78 is 52.5. The minimum absolute atomic E-state index is 0.0908. The predicted octanol–water partition coefficient (Wildman–Crippen LogP) is 5.11. The van der Waals surface area contributed by atoms with Crippen LogP contribution in [0.2, 0.25) is 0 Å². The Kier molecular flexibility index (Phi) is 5.98. The number of hydrogen-bond acceptors (Lipinski definition) is 5. The number of para-hydroxylation sites is 1. The highest BCUT2D eigenvalue weighted by Gasteiger charge is 2.61. The van der Waals surface area contributed by atoms with Crippen LogP contribution in [0.15, 0.2) is 54.6 Å². The molecule has 0 bridgehead atoms. The van der Waals surface area contributed by atoms with Gasteiger partial charge >= 0.3 is 12.1 Å². The zero-order valence-electron chi connectivity index (χ0n) is 20.2. The number of nitrogens with zero attached hydrogens (tertiary/aromatic N) is 1. The molecule has 9 heteroatoms. The van der Waals surface area contributed by atoms with E-state index in [-0.39, 0.29) is 24.7 Å². The third-order valence-electron chi connectivity index (χ3n) is 6.71. The predicted molar refractivity (Wildman–Crippen MR) is 129 cm³/mol. The highest BCUT2D eigenvalue weighted by molar-refractivity contribution is 6.10. The number of alkyl halides is 3. The number of halogens is 3. The van der Waals surface area contributed by atoms with Gasteiger partial charge in [-0.1, -0.05) is 24.3 Å². The zero-order valence-corrected chi connectivity index (χ0v) is 20.2.